The summed E-state index contributed by atoms with van der Waals surface area (Å²) in [6.07, 6.45) is 1.41. The Hall–Kier alpha value is -2.95. The van der Waals surface area contributed by atoms with E-state index in [4.69, 9.17) is 9.47 Å². The molecule has 1 aliphatic heterocycles. The summed E-state index contributed by atoms with van der Waals surface area (Å²) in [5, 5.41) is 0. The molecule has 5 heteroatoms. The van der Waals surface area contributed by atoms with Gasteiger partial charge in [-0.1, -0.05) is 24.3 Å². The summed E-state index contributed by atoms with van der Waals surface area (Å²) in [5.74, 6) is -3.06. The van der Waals surface area contributed by atoms with E-state index in [2.05, 4.69) is 0 Å². The molecule has 0 radical (unpaired) electrons. The number of hydrogen-bond acceptors (Lipinski definition) is 4. The number of halogens is 1. The van der Waals surface area contributed by atoms with Crippen LogP contribution in [0.1, 0.15) is 25.0 Å². The van der Waals surface area contributed by atoms with Crippen molar-refractivity contribution in [3.8, 4) is 11.1 Å². The molecule has 1 saturated heterocycles. The Morgan fingerprint density at radius 2 is 1.68 bits per heavy atom. The molecule has 128 valence electrons. The first kappa shape index (κ1) is 16.9. The van der Waals surface area contributed by atoms with E-state index in [1.807, 2.05) is 13.0 Å². The van der Waals surface area contributed by atoms with Crippen molar-refractivity contribution >= 4 is 18.0 Å². The molecule has 0 aromatic heterocycles. The van der Waals surface area contributed by atoms with Crippen molar-refractivity contribution in [2.24, 2.45) is 0 Å². The summed E-state index contributed by atoms with van der Waals surface area (Å²) in [6.45, 7) is 4.87. The second kappa shape index (κ2) is 6.16. The molecule has 0 aliphatic carbocycles. The van der Waals surface area contributed by atoms with Gasteiger partial charge in [0.25, 0.3) is 5.79 Å². The molecule has 2 aromatic rings. The fourth-order valence-corrected chi connectivity index (χ4v) is 2.65. The SMILES string of the molecule is Cc1ccc(F)cc1-c1cccc(C=C2C(=O)OC(C)(C)OC2=O)c1. The number of ether oxygens (including phenoxy) is 2. The van der Waals surface area contributed by atoms with Crippen LogP contribution in [0.15, 0.2) is 48.0 Å². The zero-order valence-electron chi connectivity index (χ0n) is 14.1. The summed E-state index contributed by atoms with van der Waals surface area (Å²) in [7, 11) is 0. The number of benzene rings is 2. The molecule has 0 saturated carbocycles. The van der Waals surface area contributed by atoms with Gasteiger partial charge in [-0.3, -0.25) is 0 Å². The Kier molecular flexibility index (Phi) is 4.17. The van der Waals surface area contributed by atoms with Crippen molar-refractivity contribution < 1.29 is 23.5 Å². The van der Waals surface area contributed by atoms with E-state index < -0.39 is 17.7 Å². The number of rotatable bonds is 2. The molecular formula is C20H17FO4. The van der Waals surface area contributed by atoms with Crippen LogP contribution < -0.4 is 0 Å². The van der Waals surface area contributed by atoms with E-state index >= 15 is 0 Å². The molecular weight excluding hydrogens is 323 g/mol. The van der Waals surface area contributed by atoms with Crippen molar-refractivity contribution in [1.29, 1.82) is 0 Å². The molecule has 2 aromatic carbocycles. The molecule has 0 amide bonds. The van der Waals surface area contributed by atoms with Crippen LogP contribution in [-0.2, 0) is 19.1 Å². The highest BCUT2D eigenvalue weighted by atomic mass is 19.1. The summed E-state index contributed by atoms with van der Waals surface area (Å²) in [6, 6.07) is 11.7. The van der Waals surface area contributed by atoms with Gasteiger partial charge in [-0.05, 0) is 53.5 Å². The van der Waals surface area contributed by atoms with Gasteiger partial charge in [-0.15, -0.1) is 0 Å². The highest BCUT2D eigenvalue weighted by Gasteiger charge is 2.38. The molecule has 1 aliphatic rings. The van der Waals surface area contributed by atoms with E-state index in [0.29, 0.717) is 5.56 Å². The minimum Gasteiger partial charge on any atom is -0.419 e. The molecule has 3 rings (SSSR count). The third-order valence-corrected chi connectivity index (χ3v) is 3.83. The third kappa shape index (κ3) is 3.60. The Morgan fingerprint density at radius 1 is 1.00 bits per heavy atom. The maximum atomic E-state index is 13.5. The minimum absolute atomic E-state index is 0.174. The maximum Gasteiger partial charge on any atom is 0.348 e. The number of carbonyl (C=O) groups is 2. The zero-order chi connectivity index (χ0) is 18.2. The lowest BCUT2D eigenvalue weighted by atomic mass is 9.98. The van der Waals surface area contributed by atoms with Crippen molar-refractivity contribution in [1.82, 2.24) is 0 Å². The highest BCUT2D eigenvalue weighted by molar-refractivity contribution is 6.18. The van der Waals surface area contributed by atoms with Gasteiger partial charge in [0.1, 0.15) is 11.4 Å². The highest BCUT2D eigenvalue weighted by Crippen LogP contribution is 2.28. The number of aryl methyl sites for hydroxylation is 1. The van der Waals surface area contributed by atoms with Crippen LogP contribution in [0, 0.1) is 12.7 Å². The number of carbonyl (C=O) groups excluding carboxylic acids is 2. The van der Waals surface area contributed by atoms with Crippen LogP contribution in [0.3, 0.4) is 0 Å². The Bertz CT molecular complexity index is 874. The van der Waals surface area contributed by atoms with Crippen LogP contribution in [-0.4, -0.2) is 17.7 Å². The molecule has 25 heavy (non-hydrogen) atoms. The quantitative estimate of drug-likeness (QED) is 0.471. The van der Waals surface area contributed by atoms with E-state index in [1.165, 1.54) is 32.1 Å². The van der Waals surface area contributed by atoms with Gasteiger partial charge in [0.05, 0.1) is 0 Å². The topological polar surface area (TPSA) is 52.6 Å². The maximum absolute atomic E-state index is 13.5. The molecule has 1 heterocycles. The summed E-state index contributed by atoms with van der Waals surface area (Å²) >= 11 is 0. The molecule has 4 nitrogen and oxygen atoms in total. The average molecular weight is 340 g/mol. The lowest BCUT2D eigenvalue weighted by Crippen LogP contribution is -2.41. The summed E-state index contributed by atoms with van der Waals surface area (Å²) in [4.78, 5) is 24.1. The lowest BCUT2D eigenvalue weighted by molar-refractivity contribution is -0.222. The van der Waals surface area contributed by atoms with Crippen LogP contribution in [0.5, 0.6) is 0 Å². The van der Waals surface area contributed by atoms with Gasteiger partial charge >= 0.3 is 11.9 Å². The van der Waals surface area contributed by atoms with Crippen molar-refractivity contribution in [2.75, 3.05) is 0 Å². The van der Waals surface area contributed by atoms with Crippen molar-refractivity contribution in [3.63, 3.8) is 0 Å². The van der Waals surface area contributed by atoms with Gasteiger partial charge in [-0.2, -0.15) is 0 Å². The van der Waals surface area contributed by atoms with Crippen LogP contribution in [0.4, 0.5) is 4.39 Å². The van der Waals surface area contributed by atoms with Crippen LogP contribution in [0.2, 0.25) is 0 Å². The molecule has 1 fully saturated rings. The largest absolute Gasteiger partial charge is 0.419 e. The van der Waals surface area contributed by atoms with Crippen LogP contribution in [0.25, 0.3) is 17.2 Å². The monoisotopic (exact) mass is 340 g/mol. The smallest absolute Gasteiger partial charge is 0.348 e. The second-order valence-electron chi connectivity index (χ2n) is 6.32. The van der Waals surface area contributed by atoms with E-state index in [9.17, 15) is 14.0 Å². The van der Waals surface area contributed by atoms with E-state index in [1.54, 1.807) is 24.3 Å². The first-order valence-corrected chi connectivity index (χ1v) is 7.80. The standard InChI is InChI=1S/C20H17FO4/c1-12-7-8-15(21)11-16(12)14-6-4-5-13(9-14)10-17-18(22)24-20(2,3)25-19(17)23/h4-11H,1-3H3. The Labute approximate surface area is 144 Å². The second-order valence-corrected chi connectivity index (χ2v) is 6.32. The van der Waals surface area contributed by atoms with E-state index in [-0.39, 0.29) is 11.4 Å². The van der Waals surface area contributed by atoms with E-state index in [0.717, 1.165) is 16.7 Å². The van der Waals surface area contributed by atoms with Gasteiger partial charge in [-0.25, -0.2) is 14.0 Å². The number of esters is 2. The minimum atomic E-state index is -1.27. The summed E-state index contributed by atoms with van der Waals surface area (Å²) in [5.41, 5.74) is 2.89. The molecule has 0 atom stereocenters. The number of cyclic esters (lactones) is 2. The normalized spacial score (nSPS) is 16.2. The van der Waals surface area contributed by atoms with Gasteiger partial charge in [0, 0.05) is 13.8 Å². The fourth-order valence-electron chi connectivity index (χ4n) is 2.65. The lowest BCUT2D eigenvalue weighted by Gasteiger charge is -2.29. The summed E-state index contributed by atoms with van der Waals surface area (Å²) < 4.78 is 23.7. The number of hydrogen-bond donors (Lipinski definition) is 0. The average Bonchev–Trinajstić information content (AvgIpc) is 2.53. The van der Waals surface area contributed by atoms with Crippen molar-refractivity contribution in [3.05, 3.63) is 65.0 Å². The Morgan fingerprint density at radius 3 is 2.36 bits per heavy atom. The predicted octanol–water partition coefficient (Wildman–Crippen LogP) is 4.02. The molecule has 0 unspecified atom stereocenters. The van der Waals surface area contributed by atoms with Gasteiger partial charge in [0.2, 0.25) is 0 Å². The fraction of sp³-hybridized carbons (Fsp3) is 0.200. The molecule has 0 N–H and O–H groups in total. The molecule has 0 bridgehead atoms. The van der Waals surface area contributed by atoms with Crippen LogP contribution >= 0.6 is 0 Å². The van der Waals surface area contributed by atoms with Gasteiger partial charge < -0.3 is 9.47 Å². The first-order valence-electron chi connectivity index (χ1n) is 7.80. The predicted molar refractivity (Wildman–Crippen MR) is 90.8 cm³/mol. The third-order valence-electron chi connectivity index (χ3n) is 3.83. The first-order chi connectivity index (χ1) is 11.7. The van der Waals surface area contributed by atoms with Gasteiger partial charge in [0.15, 0.2) is 0 Å². The van der Waals surface area contributed by atoms with Crippen molar-refractivity contribution in [2.45, 2.75) is 26.6 Å². The Balaban J connectivity index is 1.99. The molecule has 0 spiro atoms. The zero-order valence-corrected chi connectivity index (χ0v) is 14.1.